The summed E-state index contributed by atoms with van der Waals surface area (Å²) in [5.74, 6) is -0.144. The first-order valence-electron chi connectivity index (χ1n) is 4.77. The standard InChI is InChI=1S/C10H17N3O/c1-4-9(11)10(14)12-13-7(2)5-6-8(13)3/h5-6,9H,4,11H2,1-3H3,(H,12,14)/t9-/m0/s1. The van der Waals surface area contributed by atoms with Crippen molar-refractivity contribution in [2.24, 2.45) is 5.73 Å². The fourth-order valence-corrected chi connectivity index (χ4v) is 1.22. The van der Waals surface area contributed by atoms with Crippen LogP contribution in [0.25, 0.3) is 0 Å². The molecule has 1 aromatic rings. The van der Waals surface area contributed by atoms with Crippen LogP contribution in [0.4, 0.5) is 0 Å². The fourth-order valence-electron chi connectivity index (χ4n) is 1.22. The minimum absolute atomic E-state index is 0.144. The summed E-state index contributed by atoms with van der Waals surface area (Å²) in [5.41, 5.74) is 10.4. The van der Waals surface area contributed by atoms with Crippen LogP contribution in [0.2, 0.25) is 0 Å². The summed E-state index contributed by atoms with van der Waals surface area (Å²) >= 11 is 0. The van der Waals surface area contributed by atoms with E-state index in [1.165, 1.54) is 0 Å². The quantitative estimate of drug-likeness (QED) is 0.753. The van der Waals surface area contributed by atoms with E-state index in [-0.39, 0.29) is 5.91 Å². The van der Waals surface area contributed by atoms with Gasteiger partial charge in [-0.2, -0.15) is 0 Å². The molecular weight excluding hydrogens is 178 g/mol. The fraction of sp³-hybridized carbons (Fsp3) is 0.500. The lowest BCUT2D eigenvalue weighted by molar-refractivity contribution is -0.118. The molecule has 0 bridgehead atoms. The average molecular weight is 195 g/mol. The minimum atomic E-state index is -0.434. The van der Waals surface area contributed by atoms with Crippen molar-refractivity contribution in [2.75, 3.05) is 5.43 Å². The Balaban J connectivity index is 2.74. The molecule has 4 heteroatoms. The predicted octanol–water partition coefficient (Wildman–Crippen LogP) is 0.912. The van der Waals surface area contributed by atoms with E-state index in [0.29, 0.717) is 6.42 Å². The third-order valence-electron chi connectivity index (χ3n) is 2.27. The largest absolute Gasteiger partial charge is 0.320 e. The summed E-state index contributed by atoms with van der Waals surface area (Å²) in [6.07, 6.45) is 0.644. The SMILES string of the molecule is CC[C@H](N)C(=O)Nn1c(C)ccc1C. The van der Waals surface area contributed by atoms with Crippen LogP contribution in [0.5, 0.6) is 0 Å². The second-order valence-electron chi connectivity index (χ2n) is 3.44. The monoisotopic (exact) mass is 195 g/mol. The first kappa shape index (κ1) is 10.8. The van der Waals surface area contributed by atoms with Crippen LogP contribution in [0.3, 0.4) is 0 Å². The molecule has 0 spiro atoms. The number of nitrogens with zero attached hydrogens (tertiary/aromatic N) is 1. The number of aryl methyl sites for hydroxylation is 2. The van der Waals surface area contributed by atoms with Crippen LogP contribution in [-0.2, 0) is 4.79 Å². The second-order valence-corrected chi connectivity index (χ2v) is 3.44. The molecule has 0 saturated heterocycles. The molecule has 0 aromatic carbocycles. The van der Waals surface area contributed by atoms with Gasteiger partial charge in [0.1, 0.15) is 0 Å². The van der Waals surface area contributed by atoms with Gasteiger partial charge in [-0.1, -0.05) is 6.92 Å². The van der Waals surface area contributed by atoms with Crippen LogP contribution in [-0.4, -0.2) is 16.6 Å². The van der Waals surface area contributed by atoms with Crippen molar-refractivity contribution in [1.29, 1.82) is 0 Å². The van der Waals surface area contributed by atoms with Gasteiger partial charge < -0.3 is 5.73 Å². The molecule has 1 aromatic heterocycles. The molecule has 0 aliphatic rings. The number of hydrogen-bond donors (Lipinski definition) is 2. The first-order chi connectivity index (χ1) is 6.56. The molecule has 0 unspecified atom stereocenters. The van der Waals surface area contributed by atoms with Gasteiger partial charge in [0, 0.05) is 11.4 Å². The summed E-state index contributed by atoms with van der Waals surface area (Å²) in [7, 11) is 0. The molecule has 1 heterocycles. The Morgan fingerprint density at radius 2 is 2.00 bits per heavy atom. The summed E-state index contributed by atoms with van der Waals surface area (Å²) in [4.78, 5) is 11.5. The number of nitrogens with two attached hydrogens (primary N) is 1. The Morgan fingerprint density at radius 1 is 1.50 bits per heavy atom. The summed E-state index contributed by atoms with van der Waals surface area (Å²) in [6.45, 7) is 5.76. The van der Waals surface area contributed by atoms with Gasteiger partial charge >= 0.3 is 0 Å². The lowest BCUT2D eigenvalue weighted by Crippen LogP contribution is -2.39. The molecule has 0 fully saturated rings. The molecule has 3 N–H and O–H groups in total. The zero-order valence-electron chi connectivity index (χ0n) is 8.87. The molecule has 1 atom stereocenters. The van der Waals surface area contributed by atoms with Gasteiger partial charge in [0.25, 0.3) is 5.91 Å². The maximum absolute atomic E-state index is 11.5. The average Bonchev–Trinajstić information content (AvgIpc) is 2.48. The first-order valence-corrected chi connectivity index (χ1v) is 4.77. The van der Waals surface area contributed by atoms with E-state index in [0.717, 1.165) is 11.4 Å². The molecular formula is C10H17N3O. The van der Waals surface area contributed by atoms with E-state index in [1.54, 1.807) is 4.68 Å². The van der Waals surface area contributed by atoms with Gasteiger partial charge in [0.05, 0.1) is 6.04 Å². The lowest BCUT2D eigenvalue weighted by atomic mass is 10.2. The number of amides is 1. The molecule has 1 rings (SSSR count). The third-order valence-corrected chi connectivity index (χ3v) is 2.27. The summed E-state index contributed by atoms with van der Waals surface area (Å²) in [5, 5.41) is 0. The van der Waals surface area contributed by atoms with Crippen molar-refractivity contribution in [1.82, 2.24) is 4.68 Å². The number of nitrogens with one attached hydrogen (secondary N) is 1. The van der Waals surface area contributed by atoms with E-state index in [1.807, 2.05) is 32.9 Å². The van der Waals surface area contributed by atoms with Gasteiger partial charge in [-0.15, -0.1) is 0 Å². The van der Waals surface area contributed by atoms with Gasteiger partial charge in [-0.05, 0) is 32.4 Å². The number of carbonyl (C=O) groups excluding carboxylic acids is 1. The van der Waals surface area contributed by atoms with Gasteiger partial charge in [0.15, 0.2) is 0 Å². The Labute approximate surface area is 84.1 Å². The lowest BCUT2D eigenvalue weighted by Gasteiger charge is -2.14. The van der Waals surface area contributed by atoms with Crippen LogP contribution >= 0.6 is 0 Å². The molecule has 14 heavy (non-hydrogen) atoms. The van der Waals surface area contributed by atoms with Crippen LogP contribution < -0.4 is 11.2 Å². The Kier molecular flexibility index (Phi) is 3.30. The summed E-state index contributed by atoms with van der Waals surface area (Å²) in [6, 6.07) is 3.47. The second kappa shape index (κ2) is 4.28. The van der Waals surface area contributed by atoms with Gasteiger partial charge in [-0.25, -0.2) is 0 Å². The Bertz CT molecular complexity index is 311. The van der Waals surface area contributed by atoms with Crippen molar-refractivity contribution in [2.45, 2.75) is 33.2 Å². The van der Waals surface area contributed by atoms with Gasteiger partial charge in [0.2, 0.25) is 0 Å². The summed E-state index contributed by atoms with van der Waals surface area (Å²) < 4.78 is 1.75. The number of aromatic nitrogens is 1. The highest BCUT2D eigenvalue weighted by atomic mass is 16.2. The van der Waals surface area contributed by atoms with Crippen molar-refractivity contribution in [3.05, 3.63) is 23.5 Å². The molecule has 0 aliphatic carbocycles. The van der Waals surface area contributed by atoms with E-state index in [4.69, 9.17) is 5.73 Å². The maximum atomic E-state index is 11.5. The number of hydrogen-bond acceptors (Lipinski definition) is 2. The highest BCUT2D eigenvalue weighted by Gasteiger charge is 2.12. The van der Waals surface area contributed by atoms with Crippen LogP contribution in [0, 0.1) is 13.8 Å². The van der Waals surface area contributed by atoms with Crippen molar-refractivity contribution >= 4 is 5.91 Å². The molecule has 1 amide bonds. The molecule has 78 valence electrons. The van der Waals surface area contributed by atoms with Crippen LogP contribution in [0.1, 0.15) is 24.7 Å². The van der Waals surface area contributed by atoms with E-state index in [9.17, 15) is 4.79 Å². The Morgan fingerprint density at radius 3 is 2.43 bits per heavy atom. The van der Waals surface area contributed by atoms with E-state index < -0.39 is 6.04 Å². The molecule has 4 nitrogen and oxygen atoms in total. The van der Waals surface area contributed by atoms with Crippen molar-refractivity contribution in [3.63, 3.8) is 0 Å². The van der Waals surface area contributed by atoms with Crippen LogP contribution in [0.15, 0.2) is 12.1 Å². The zero-order chi connectivity index (χ0) is 10.7. The molecule has 0 aliphatic heterocycles. The highest BCUT2D eigenvalue weighted by Crippen LogP contribution is 2.04. The van der Waals surface area contributed by atoms with Gasteiger partial charge in [-0.3, -0.25) is 14.9 Å². The molecule has 0 radical (unpaired) electrons. The highest BCUT2D eigenvalue weighted by molar-refractivity contribution is 5.88. The van der Waals surface area contributed by atoms with E-state index >= 15 is 0 Å². The number of carbonyl (C=O) groups is 1. The maximum Gasteiger partial charge on any atom is 0.255 e. The smallest absolute Gasteiger partial charge is 0.255 e. The van der Waals surface area contributed by atoms with E-state index in [2.05, 4.69) is 5.43 Å². The third kappa shape index (κ3) is 2.14. The minimum Gasteiger partial charge on any atom is -0.320 e. The number of rotatable bonds is 3. The molecule has 0 saturated carbocycles. The van der Waals surface area contributed by atoms with Crippen molar-refractivity contribution < 1.29 is 4.79 Å². The Hall–Kier alpha value is -1.29. The topological polar surface area (TPSA) is 60.1 Å². The predicted molar refractivity (Wildman–Crippen MR) is 56.5 cm³/mol. The zero-order valence-corrected chi connectivity index (χ0v) is 8.87. The normalized spacial score (nSPS) is 12.6. The van der Waals surface area contributed by atoms with Crippen molar-refractivity contribution in [3.8, 4) is 0 Å².